The van der Waals surface area contributed by atoms with Crippen LogP contribution in [0.15, 0.2) is 54.6 Å². The van der Waals surface area contributed by atoms with E-state index in [0.29, 0.717) is 13.1 Å². The molecule has 0 atom stereocenters. The third kappa shape index (κ3) is 5.39. The van der Waals surface area contributed by atoms with Gasteiger partial charge in [-0.3, -0.25) is 14.5 Å². The first-order valence-electron chi connectivity index (χ1n) is 12.1. The minimum Gasteiger partial charge on any atom is -0.338 e. The van der Waals surface area contributed by atoms with Crippen molar-refractivity contribution >= 4 is 11.8 Å². The molecule has 2 fully saturated rings. The third-order valence-electron chi connectivity index (χ3n) is 6.72. The van der Waals surface area contributed by atoms with Crippen molar-refractivity contribution in [2.24, 2.45) is 0 Å². The molecule has 2 aromatic carbocycles. The van der Waals surface area contributed by atoms with Crippen molar-refractivity contribution in [3.8, 4) is 0 Å². The van der Waals surface area contributed by atoms with Gasteiger partial charge in [-0.2, -0.15) is 0 Å². The summed E-state index contributed by atoms with van der Waals surface area (Å²) >= 11 is 0. The molecule has 2 amide bonds. The number of nitrogens with zero attached hydrogens (tertiary/aromatic N) is 3. The average Bonchev–Trinajstić information content (AvgIpc) is 3.35. The van der Waals surface area contributed by atoms with Gasteiger partial charge in [0.05, 0.1) is 0 Å². The highest BCUT2D eigenvalue weighted by atomic mass is 16.2. The van der Waals surface area contributed by atoms with E-state index in [-0.39, 0.29) is 17.9 Å². The van der Waals surface area contributed by atoms with Crippen LogP contribution in [0.2, 0.25) is 0 Å². The minimum absolute atomic E-state index is 0.0898. The number of benzene rings is 2. The molecule has 2 heterocycles. The van der Waals surface area contributed by atoms with Gasteiger partial charge in [-0.15, -0.1) is 0 Å². The van der Waals surface area contributed by atoms with Gasteiger partial charge in [0.1, 0.15) is 0 Å². The van der Waals surface area contributed by atoms with E-state index in [1.54, 1.807) is 0 Å². The summed E-state index contributed by atoms with van der Waals surface area (Å²) in [4.78, 5) is 32.7. The summed E-state index contributed by atoms with van der Waals surface area (Å²) in [6, 6.07) is 17.8. The van der Waals surface area contributed by atoms with Crippen LogP contribution in [0.5, 0.6) is 0 Å². The molecular formula is C27H35N3O2. The zero-order valence-corrected chi connectivity index (χ0v) is 19.2. The van der Waals surface area contributed by atoms with Gasteiger partial charge in [-0.1, -0.05) is 37.3 Å². The number of carbonyl (C=O) groups excluding carboxylic acids is 2. The van der Waals surface area contributed by atoms with Crippen LogP contribution < -0.4 is 0 Å². The van der Waals surface area contributed by atoms with Crippen molar-refractivity contribution in [1.29, 1.82) is 0 Å². The van der Waals surface area contributed by atoms with E-state index in [0.717, 1.165) is 56.6 Å². The first kappa shape index (κ1) is 22.5. The summed E-state index contributed by atoms with van der Waals surface area (Å²) in [6.07, 6.45) is 5.14. The molecule has 4 rings (SSSR count). The molecule has 0 bridgehead atoms. The van der Waals surface area contributed by atoms with E-state index in [1.807, 2.05) is 47.4 Å². The number of carbonyl (C=O) groups is 2. The predicted molar refractivity (Wildman–Crippen MR) is 128 cm³/mol. The van der Waals surface area contributed by atoms with Gasteiger partial charge < -0.3 is 9.80 Å². The van der Waals surface area contributed by atoms with E-state index in [1.165, 1.54) is 18.4 Å². The summed E-state index contributed by atoms with van der Waals surface area (Å²) in [5.74, 6) is 0.218. The van der Waals surface area contributed by atoms with Crippen LogP contribution >= 0.6 is 0 Å². The summed E-state index contributed by atoms with van der Waals surface area (Å²) in [6.45, 7) is 7.50. The van der Waals surface area contributed by atoms with Crippen LogP contribution in [0, 0.1) is 0 Å². The monoisotopic (exact) mass is 433 g/mol. The smallest absolute Gasteiger partial charge is 0.254 e. The Morgan fingerprint density at radius 3 is 2.28 bits per heavy atom. The fraction of sp³-hybridized carbons (Fsp3) is 0.481. The first-order chi connectivity index (χ1) is 15.7. The highest BCUT2D eigenvalue weighted by Gasteiger charge is 2.30. The van der Waals surface area contributed by atoms with Crippen molar-refractivity contribution in [2.75, 3.05) is 32.7 Å². The van der Waals surface area contributed by atoms with E-state index in [9.17, 15) is 9.59 Å². The van der Waals surface area contributed by atoms with Crippen LogP contribution in [0.3, 0.4) is 0 Å². The van der Waals surface area contributed by atoms with Gasteiger partial charge in [0, 0.05) is 43.3 Å². The van der Waals surface area contributed by atoms with Crippen molar-refractivity contribution in [3.63, 3.8) is 0 Å². The average molecular weight is 434 g/mol. The number of hydrogen-bond acceptors (Lipinski definition) is 3. The number of likely N-dealkylation sites (tertiary alicyclic amines) is 2. The molecule has 0 aliphatic carbocycles. The van der Waals surface area contributed by atoms with Gasteiger partial charge in [0.2, 0.25) is 0 Å². The second-order valence-corrected chi connectivity index (χ2v) is 9.07. The van der Waals surface area contributed by atoms with Crippen LogP contribution in [-0.4, -0.2) is 65.3 Å². The SMILES string of the molecule is CCCN(C(=O)c1cccc(CN2CCCC2)c1)C1CCN(C(=O)c2ccccc2)CC1. The van der Waals surface area contributed by atoms with Crippen LogP contribution in [0.1, 0.15) is 65.3 Å². The number of rotatable bonds is 7. The number of hydrogen-bond donors (Lipinski definition) is 0. The lowest BCUT2D eigenvalue weighted by Gasteiger charge is -2.38. The van der Waals surface area contributed by atoms with E-state index in [2.05, 4.69) is 28.9 Å². The molecule has 170 valence electrons. The lowest BCUT2D eigenvalue weighted by Crippen LogP contribution is -2.49. The summed E-state index contributed by atoms with van der Waals surface area (Å²) < 4.78 is 0. The van der Waals surface area contributed by atoms with Gasteiger partial charge in [-0.05, 0) is 75.0 Å². The zero-order valence-electron chi connectivity index (χ0n) is 19.2. The molecule has 32 heavy (non-hydrogen) atoms. The highest BCUT2D eigenvalue weighted by molar-refractivity contribution is 5.95. The van der Waals surface area contributed by atoms with Crippen molar-refractivity contribution < 1.29 is 9.59 Å². The molecule has 2 aromatic rings. The Balaban J connectivity index is 1.40. The predicted octanol–water partition coefficient (Wildman–Crippen LogP) is 4.44. The molecular weight excluding hydrogens is 398 g/mol. The van der Waals surface area contributed by atoms with Gasteiger partial charge in [-0.25, -0.2) is 0 Å². The Hall–Kier alpha value is -2.66. The maximum Gasteiger partial charge on any atom is 0.254 e. The fourth-order valence-electron chi connectivity index (χ4n) is 5.00. The second-order valence-electron chi connectivity index (χ2n) is 9.07. The third-order valence-corrected chi connectivity index (χ3v) is 6.72. The molecule has 0 aromatic heterocycles. The quantitative estimate of drug-likeness (QED) is 0.648. The summed E-state index contributed by atoms with van der Waals surface area (Å²) in [5.41, 5.74) is 2.75. The normalized spacial score (nSPS) is 17.5. The van der Waals surface area contributed by atoms with Gasteiger partial charge in [0.15, 0.2) is 0 Å². The lowest BCUT2D eigenvalue weighted by atomic mass is 10.00. The molecule has 0 N–H and O–H groups in total. The van der Waals surface area contributed by atoms with Crippen molar-refractivity contribution in [2.45, 2.75) is 51.6 Å². The van der Waals surface area contributed by atoms with Crippen molar-refractivity contribution in [1.82, 2.24) is 14.7 Å². The summed E-state index contributed by atoms with van der Waals surface area (Å²) in [7, 11) is 0. The number of amides is 2. The van der Waals surface area contributed by atoms with Crippen LogP contribution in [0.25, 0.3) is 0 Å². The second kappa shape index (κ2) is 10.8. The van der Waals surface area contributed by atoms with Gasteiger partial charge in [0.25, 0.3) is 11.8 Å². The van der Waals surface area contributed by atoms with E-state index in [4.69, 9.17) is 0 Å². The standard InChI is InChI=1S/C27H35N3O2/c1-2-15-30(25-13-18-29(19-14-25)26(31)23-10-4-3-5-11-23)27(32)24-12-8-9-22(20-24)21-28-16-6-7-17-28/h3-5,8-12,20,25H,2,6-7,13-19,21H2,1H3. The molecule has 2 aliphatic heterocycles. The Kier molecular flexibility index (Phi) is 7.59. The maximum atomic E-state index is 13.5. The number of piperidine rings is 1. The summed E-state index contributed by atoms with van der Waals surface area (Å²) in [5, 5.41) is 0. The Bertz CT molecular complexity index is 900. The van der Waals surface area contributed by atoms with Crippen LogP contribution in [-0.2, 0) is 6.54 Å². The highest BCUT2D eigenvalue weighted by Crippen LogP contribution is 2.22. The molecule has 0 spiro atoms. The van der Waals surface area contributed by atoms with E-state index >= 15 is 0 Å². The molecule has 5 nitrogen and oxygen atoms in total. The molecule has 2 saturated heterocycles. The van der Waals surface area contributed by atoms with Crippen molar-refractivity contribution in [3.05, 3.63) is 71.3 Å². The first-order valence-corrected chi connectivity index (χ1v) is 12.1. The molecule has 0 saturated carbocycles. The van der Waals surface area contributed by atoms with Crippen LogP contribution in [0.4, 0.5) is 0 Å². The largest absolute Gasteiger partial charge is 0.338 e. The van der Waals surface area contributed by atoms with Gasteiger partial charge >= 0.3 is 0 Å². The molecule has 0 unspecified atom stereocenters. The Morgan fingerprint density at radius 1 is 0.906 bits per heavy atom. The molecule has 0 radical (unpaired) electrons. The molecule has 5 heteroatoms. The fourth-order valence-corrected chi connectivity index (χ4v) is 5.00. The topological polar surface area (TPSA) is 43.9 Å². The van der Waals surface area contributed by atoms with E-state index < -0.39 is 0 Å². The lowest BCUT2D eigenvalue weighted by molar-refractivity contribution is 0.0519. The zero-order chi connectivity index (χ0) is 22.3. The maximum absolute atomic E-state index is 13.5. The Labute approximate surface area is 192 Å². The minimum atomic E-state index is 0.0898. The Morgan fingerprint density at radius 2 is 1.59 bits per heavy atom. The molecule has 2 aliphatic rings.